The lowest BCUT2D eigenvalue weighted by atomic mass is 9.89. The number of aliphatic hydroxyl groups is 1. The number of ether oxygens (including phenoxy) is 2. The molecule has 2 saturated heterocycles. The van der Waals surface area contributed by atoms with Crippen LogP contribution in [0.25, 0.3) is 11.1 Å². The van der Waals surface area contributed by atoms with Gasteiger partial charge >= 0.3 is 5.97 Å². The van der Waals surface area contributed by atoms with E-state index >= 15 is 0 Å². The number of hydrogen-bond donors (Lipinski definition) is 3. The maximum atomic E-state index is 12.3. The number of carboxylic acid groups (broad SMARTS) is 1. The minimum atomic E-state index is -0.912. The number of carbonyl (C=O) groups excluding carboxylic acids is 1. The quantitative estimate of drug-likeness (QED) is 0.101. The number of carboxylic acids is 1. The summed E-state index contributed by atoms with van der Waals surface area (Å²) in [6.07, 6.45) is -0.576. The summed E-state index contributed by atoms with van der Waals surface area (Å²) in [5, 5.41) is 32.5. The number of non-ortho nitro benzene ring substituents is 1. The van der Waals surface area contributed by atoms with Gasteiger partial charge < -0.3 is 29.9 Å². The summed E-state index contributed by atoms with van der Waals surface area (Å²) in [7, 11) is 0. The van der Waals surface area contributed by atoms with Crippen molar-refractivity contribution in [1.29, 1.82) is 0 Å². The van der Waals surface area contributed by atoms with Crippen LogP contribution < -0.4 is 10.2 Å². The fourth-order valence-corrected chi connectivity index (χ4v) is 7.01. The Hall–Kier alpha value is -5.14. The molecule has 3 N–H and O–H groups in total. The number of amides is 1. The Bertz CT molecular complexity index is 1840. The third kappa shape index (κ3) is 9.65. The van der Waals surface area contributed by atoms with Crippen molar-refractivity contribution in [3.63, 3.8) is 0 Å². The first-order valence-electron chi connectivity index (χ1n) is 18.1. The molecule has 12 nitrogen and oxygen atoms in total. The molecule has 4 atom stereocenters. The molecule has 6 rings (SSSR count). The highest BCUT2D eigenvalue weighted by molar-refractivity contribution is 5.77. The molecule has 12 heteroatoms. The van der Waals surface area contributed by atoms with E-state index in [1.54, 1.807) is 12.1 Å². The van der Waals surface area contributed by atoms with Crippen LogP contribution in [0, 0.1) is 16.0 Å². The van der Waals surface area contributed by atoms with E-state index in [0.29, 0.717) is 19.5 Å². The second-order valence-electron chi connectivity index (χ2n) is 13.7. The van der Waals surface area contributed by atoms with Gasteiger partial charge in [-0.2, -0.15) is 0 Å². The van der Waals surface area contributed by atoms with E-state index in [2.05, 4.69) is 22.0 Å². The molecule has 0 radical (unpaired) electrons. The van der Waals surface area contributed by atoms with E-state index in [-0.39, 0.29) is 54.1 Å². The van der Waals surface area contributed by atoms with Crippen LogP contribution in [0.3, 0.4) is 0 Å². The summed E-state index contributed by atoms with van der Waals surface area (Å²) in [6.45, 7) is 6.40. The summed E-state index contributed by atoms with van der Waals surface area (Å²) in [5.74, 6) is -1.06. The normalized spacial score (nSPS) is 20.5. The van der Waals surface area contributed by atoms with Gasteiger partial charge in [-0.05, 0) is 46.4 Å². The Balaban J connectivity index is 1.15. The smallest absolute Gasteiger partial charge is 0.303 e. The first kappa shape index (κ1) is 37.6. The Morgan fingerprint density at radius 1 is 0.868 bits per heavy atom. The number of benzene rings is 4. The molecule has 0 spiro atoms. The molecular formula is C41H46N4O8. The lowest BCUT2D eigenvalue weighted by Gasteiger charge is -2.44. The number of nitro groups is 1. The zero-order valence-electron chi connectivity index (χ0n) is 29.8. The first-order valence-corrected chi connectivity index (χ1v) is 18.1. The van der Waals surface area contributed by atoms with Crippen molar-refractivity contribution in [2.45, 2.75) is 57.8 Å². The number of aliphatic hydroxyl groups excluding tert-OH is 1. The van der Waals surface area contributed by atoms with Crippen molar-refractivity contribution in [1.82, 2.24) is 10.2 Å². The third-order valence-electron chi connectivity index (χ3n) is 10.1. The van der Waals surface area contributed by atoms with E-state index in [1.807, 2.05) is 84.9 Å². The van der Waals surface area contributed by atoms with Crippen molar-refractivity contribution in [3.8, 4) is 11.1 Å². The van der Waals surface area contributed by atoms with Gasteiger partial charge in [0.15, 0.2) is 6.29 Å². The van der Waals surface area contributed by atoms with Crippen molar-refractivity contribution in [2.75, 3.05) is 37.6 Å². The van der Waals surface area contributed by atoms with E-state index < -0.39 is 12.3 Å². The number of nitro benzene ring substituents is 1. The Kier molecular flexibility index (Phi) is 12.5. The lowest BCUT2D eigenvalue weighted by Crippen LogP contribution is -2.51. The molecule has 2 aliphatic heterocycles. The van der Waals surface area contributed by atoms with E-state index in [0.717, 1.165) is 65.2 Å². The number of nitrogens with one attached hydrogen (secondary N) is 1. The van der Waals surface area contributed by atoms with Crippen molar-refractivity contribution < 1.29 is 34.2 Å². The topological polar surface area (TPSA) is 155 Å². The van der Waals surface area contributed by atoms with Crippen LogP contribution in [-0.2, 0) is 32.2 Å². The van der Waals surface area contributed by atoms with Crippen LogP contribution >= 0.6 is 0 Å². The number of carbonyl (C=O) groups is 2. The molecule has 1 amide bonds. The van der Waals surface area contributed by atoms with Crippen LogP contribution in [0.2, 0.25) is 0 Å². The highest BCUT2D eigenvalue weighted by Gasteiger charge is 2.39. The number of aliphatic carboxylic acids is 1. The second-order valence-corrected chi connectivity index (χ2v) is 13.7. The third-order valence-corrected chi connectivity index (χ3v) is 10.1. The summed E-state index contributed by atoms with van der Waals surface area (Å²) in [6, 6.07) is 30.6. The zero-order valence-corrected chi connectivity index (χ0v) is 29.8. The van der Waals surface area contributed by atoms with Crippen LogP contribution in [0.1, 0.15) is 60.8 Å². The summed E-state index contributed by atoms with van der Waals surface area (Å²) in [5.41, 5.74) is 6.71. The molecule has 4 aromatic carbocycles. The minimum absolute atomic E-state index is 0.0315. The minimum Gasteiger partial charge on any atom is -0.481 e. The molecule has 0 aliphatic carbocycles. The van der Waals surface area contributed by atoms with Gasteiger partial charge in [-0.1, -0.05) is 79.7 Å². The van der Waals surface area contributed by atoms with Gasteiger partial charge in [-0.25, -0.2) is 0 Å². The summed E-state index contributed by atoms with van der Waals surface area (Å²) in [4.78, 5) is 38.5. The lowest BCUT2D eigenvalue weighted by molar-refractivity contribution is -0.384. The van der Waals surface area contributed by atoms with Gasteiger partial charge in [0.2, 0.25) is 5.91 Å². The van der Waals surface area contributed by atoms with Crippen molar-refractivity contribution in [3.05, 3.63) is 129 Å². The van der Waals surface area contributed by atoms with Gasteiger partial charge in [0.25, 0.3) is 5.69 Å². The maximum absolute atomic E-state index is 12.3. The molecule has 2 heterocycles. The number of nitrogens with zero attached hydrogens (tertiary/aromatic N) is 3. The zero-order chi connectivity index (χ0) is 37.3. The fraction of sp³-hybridized carbons (Fsp3) is 0.366. The van der Waals surface area contributed by atoms with Crippen LogP contribution in [0.4, 0.5) is 11.4 Å². The average Bonchev–Trinajstić information content (AvgIpc) is 3.18. The second kappa shape index (κ2) is 17.6. The molecule has 278 valence electrons. The molecule has 0 bridgehead atoms. The molecule has 2 fully saturated rings. The van der Waals surface area contributed by atoms with Gasteiger partial charge in [-0.3, -0.25) is 24.6 Å². The van der Waals surface area contributed by atoms with Crippen LogP contribution in [0.5, 0.6) is 0 Å². The van der Waals surface area contributed by atoms with Crippen LogP contribution in [-0.4, -0.2) is 70.7 Å². The largest absolute Gasteiger partial charge is 0.481 e. The van der Waals surface area contributed by atoms with Gasteiger partial charge in [0.05, 0.1) is 23.7 Å². The fourth-order valence-electron chi connectivity index (χ4n) is 7.01. The molecule has 4 aromatic rings. The Morgan fingerprint density at radius 2 is 1.55 bits per heavy atom. The Labute approximate surface area is 309 Å². The molecule has 2 aliphatic rings. The van der Waals surface area contributed by atoms with Gasteiger partial charge in [-0.15, -0.1) is 0 Å². The summed E-state index contributed by atoms with van der Waals surface area (Å²) >= 11 is 0. The number of anilines is 1. The number of rotatable bonds is 14. The highest BCUT2D eigenvalue weighted by Crippen LogP contribution is 2.42. The predicted octanol–water partition coefficient (Wildman–Crippen LogP) is 6.24. The summed E-state index contributed by atoms with van der Waals surface area (Å²) < 4.78 is 13.4. The van der Waals surface area contributed by atoms with E-state index in [4.69, 9.17) is 14.6 Å². The Morgan fingerprint density at radius 3 is 2.21 bits per heavy atom. The average molecular weight is 723 g/mol. The van der Waals surface area contributed by atoms with E-state index in [9.17, 15) is 24.8 Å². The monoisotopic (exact) mass is 722 g/mol. The SMILES string of the molecule is C[C@@H]1[C@H](CN2CCN(c3ccc([N+](=O)[O-])cc3)CC2)O[C@H](c2ccc(-c3ccccc3CNC(=O)CCCC(=O)O)cc2)O[C@@H]1c1ccc(CO)cc1. The first-order chi connectivity index (χ1) is 25.7. The molecule has 53 heavy (non-hydrogen) atoms. The maximum Gasteiger partial charge on any atom is 0.303 e. The van der Waals surface area contributed by atoms with Gasteiger partial charge in [0, 0.05) is 81.4 Å². The van der Waals surface area contributed by atoms with Crippen molar-refractivity contribution >= 4 is 23.3 Å². The van der Waals surface area contributed by atoms with Gasteiger partial charge in [0.1, 0.15) is 0 Å². The molecule has 0 saturated carbocycles. The molecular weight excluding hydrogens is 676 g/mol. The molecule has 0 aromatic heterocycles. The standard InChI is InChI=1S/C41H46N4O8/c1-28-37(26-43-21-23-44(24-22-43)34-17-19-35(20-18-34)45(50)51)52-41(53-40(28)31-11-9-29(27-46)10-12-31)32-15-13-30(14-16-32)36-6-3-2-5-33(36)25-42-38(47)7-4-8-39(48)49/h2-3,5-6,9-20,28,37,40-41,46H,4,7-8,21-27H2,1H3,(H,42,47)(H,48,49)/t28-,37+,40+,41+/m1/s1. The highest BCUT2D eigenvalue weighted by atomic mass is 16.7. The van der Waals surface area contributed by atoms with Crippen LogP contribution in [0.15, 0.2) is 97.1 Å². The van der Waals surface area contributed by atoms with Crippen molar-refractivity contribution in [2.24, 2.45) is 5.92 Å². The van der Waals surface area contributed by atoms with E-state index in [1.165, 1.54) is 0 Å². The predicted molar refractivity (Wildman–Crippen MR) is 200 cm³/mol. The molecule has 0 unspecified atom stereocenters. The number of piperazine rings is 1. The number of hydrogen-bond acceptors (Lipinski definition) is 9.